The Balaban J connectivity index is 1.15. The number of nitrogens with zero attached hydrogens (tertiary/aromatic N) is 2. The summed E-state index contributed by atoms with van der Waals surface area (Å²) < 4.78 is 5.36. The molecule has 0 fully saturated rings. The van der Waals surface area contributed by atoms with Crippen molar-refractivity contribution in [1.82, 2.24) is 4.57 Å². The van der Waals surface area contributed by atoms with Crippen LogP contribution in [-0.4, -0.2) is 11.4 Å². The third-order valence-corrected chi connectivity index (χ3v) is 17.6. The van der Waals surface area contributed by atoms with Gasteiger partial charge in [-0.25, -0.2) is 0 Å². The third-order valence-electron chi connectivity index (χ3n) is 16.5. The molecule has 0 bridgehead atoms. The first-order chi connectivity index (χ1) is 31.5. The van der Waals surface area contributed by atoms with Gasteiger partial charge in [-0.3, -0.25) is 0 Å². The van der Waals surface area contributed by atoms with Crippen molar-refractivity contribution < 1.29 is 0 Å². The van der Waals surface area contributed by atoms with Gasteiger partial charge in [0.25, 0.3) is 0 Å². The molecule has 0 saturated heterocycles. The molecule has 0 N–H and O–H groups in total. The van der Waals surface area contributed by atoms with E-state index in [0.29, 0.717) is 0 Å². The van der Waals surface area contributed by atoms with Crippen LogP contribution in [-0.2, 0) is 21.7 Å². The van der Waals surface area contributed by atoms with Crippen molar-refractivity contribution in [3.05, 3.63) is 173 Å². The van der Waals surface area contributed by atoms with Gasteiger partial charge in [-0.15, -0.1) is 11.3 Å². The zero-order valence-electron chi connectivity index (χ0n) is 39.7. The summed E-state index contributed by atoms with van der Waals surface area (Å²) >= 11 is 1.93. The SMILES string of the molecule is CC(C)(C)c1ccc(N2B3c4cc5sc6ccccc6c5cc4-n4c5ccc6c(c5c5ccc(c3c54)-c3cc4c(cc32)C(C)(C)c2ccc(C(C)(C)C)cc2-4)-c2ccccc2C6(C)C)cc1. The van der Waals surface area contributed by atoms with Gasteiger partial charge in [0.15, 0.2) is 0 Å². The van der Waals surface area contributed by atoms with Crippen molar-refractivity contribution >= 4 is 82.5 Å². The Kier molecular flexibility index (Phi) is 7.27. The lowest BCUT2D eigenvalue weighted by Gasteiger charge is -2.42. The topological polar surface area (TPSA) is 8.17 Å². The molecular formula is C62H53BN2S. The zero-order chi connectivity index (χ0) is 45.1. The Morgan fingerprint density at radius 2 is 1.17 bits per heavy atom. The molecule has 2 aliphatic carbocycles. The summed E-state index contributed by atoms with van der Waals surface area (Å²) in [6.07, 6.45) is 0. The highest BCUT2D eigenvalue weighted by atomic mass is 32.1. The van der Waals surface area contributed by atoms with Gasteiger partial charge in [-0.1, -0.05) is 160 Å². The van der Waals surface area contributed by atoms with E-state index in [4.69, 9.17) is 0 Å². The predicted molar refractivity (Wildman–Crippen MR) is 285 cm³/mol. The molecule has 2 nitrogen and oxygen atoms in total. The standard InChI is InChI=1S/C62H53BN2S/c1-59(2,3)34-19-22-36(23-20-34)65-51-32-48-42(41-29-35(60(4,5)6)21-26-46(41)62(48,9)10)30-43(51)38-24-25-40-56-50(28-27-47-55(56)39-16-11-13-17-45(39)61(47,7)8)64-52-31-44-37-15-12-14-18-53(37)66-54(44)33-49(52)63(65)57(38)58(40)64/h11-33H,1-10H3. The minimum Gasteiger partial charge on any atom is -0.376 e. The monoisotopic (exact) mass is 868 g/mol. The quantitative estimate of drug-likeness (QED) is 0.149. The van der Waals surface area contributed by atoms with Gasteiger partial charge in [0, 0.05) is 64.4 Å². The van der Waals surface area contributed by atoms with E-state index in [-0.39, 0.29) is 28.5 Å². The van der Waals surface area contributed by atoms with Gasteiger partial charge in [0.05, 0.1) is 11.0 Å². The molecule has 4 aliphatic rings. The predicted octanol–water partition coefficient (Wildman–Crippen LogP) is 15.6. The molecule has 66 heavy (non-hydrogen) atoms. The lowest BCUT2D eigenvalue weighted by atomic mass is 9.44. The highest BCUT2D eigenvalue weighted by molar-refractivity contribution is 7.26. The fourth-order valence-electron chi connectivity index (χ4n) is 13.0. The molecule has 14 rings (SSSR count). The average Bonchev–Trinajstić information content (AvgIpc) is 3.97. The van der Waals surface area contributed by atoms with E-state index in [9.17, 15) is 0 Å². The van der Waals surface area contributed by atoms with Gasteiger partial charge < -0.3 is 9.38 Å². The normalized spacial score (nSPS) is 15.9. The average molecular weight is 869 g/mol. The third kappa shape index (κ3) is 4.78. The van der Waals surface area contributed by atoms with Gasteiger partial charge in [-0.05, 0) is 131 Å². The van der Waals surface area contributed by atoms with Crippen molar-refractivity contribution in [3.63, 3.8) is 0 Å². The first-order valence-corrected chi connectivity index (χ1v) is 24.8. The number of thiophene rings is 1. The largest absolute Gasteiger partial charge is 0.376 e. The Morgan fingerprint density at radius 1 is 0.485 bits per heavy atom. The van der Waals surface area contributed by atoms with Gasteiger partial charge in [0.2, 0.25) is 0 Å². The number of rotatable bonds is 1. The molecule has 2 aromatic heterocycles. The highest BCUT2D eigenvalue weighted by Gasteiger charge is 2.47. The van der Waals surface area contributed by atoms with Crippen LogP contribution in [0.25, 0.3) is 81.0 Å². The van der Waals surface area contributed by atoms with Crippen LogP contribution in [0, 0.1) is 0 Å². The molecule has 0 radical (unpaired) electrons. The molecule has 4 heterocycles. The van der Waals surface area contributed by atoms with Crippen molar-refractivity contribution in [2.45, 2.75) is 90.9 Å². The van der Waals surface area contributed by atoms with E-state index in [1.165, 1.54) is 137 Å². The number of aromatic nitrogens is 1. The van der Waals surface area contributed by atoms with Gasteiger partial charge in [0.1, 0.15) is 0 Å². The van der Waals surface area contributed by atoms with Crippen LogP contribution in [0.3, 0.4) is 0 Å². The lowest BCUT2D eigenvalue weighted by Crippen LogP contribution is -2.60. The van der Waals surface area contributed by atoms with E-state index >= 15 is 0 Å². The first kappa shape index (κ1) is 38.9. The van der Waals surface area contributed by atoms with Crippen molar-refractivity contribution in [2.24, 2.45) is 0 Å². The minimum atomic E-state index is -0.160. The number of hydrogen-bond donors (Lipinski definition) is 0. The minimum absolute atomic E-state index is 0.0399. The fraction of sp³-hybridized carbons (Fsp3) is 0.226. The van der Waals surface area contributed by atoms with Crippen LogP contribution >= 0.6 is 11.3 Å². The second-order valence-corrected chi connectivity index (χ2v) is 24.0. The van der Waals surface area contributed by atoms with Crippen LogP contribution in [0.4, 0.5) is 11.4 Å². The first-order valence-electron chi connectivity index (χ1n) is 24.0. The van der Waals surface area contributed by atoms with Gasteiger partial charge >= 0.3 is 6.85 Å². The van der Waals surface area contributed by atoms with Crippen LogP contribution in [0.15, 0.2) is 140 Å². The number of fused-ring (bicyclic) bond motifs is 18. The molecule has 8 aromatic carbocycles. The van der Waals surface area contributed by atoms with Crippen LogP contribution in [0.2, 0.25) is 0 Å². The molecule has 0 amide bonds. The van der Waals surface area contributed by atoms with Crippen LogP contribution < -0.4 is 15.7 Å². The molecule has 0 spiro atoms. The Hall–Kier alpha value is -6.36. The van der Waals surface area contributed by atoms with Crippen LogP contribution in [0.5, 0.6) is 0 Å². The molecule has 0 unspecified atom stereocenters. The lowest BCUT2D eigenvalue weighted by molar-refractivity contribution is 0.589. The van der Waals surface area contributed by atoms with Crippen LogP contribution in [0.1, 0.15) is 103 Å². The Morgan fingerprint density at radius 3 is 1.95 bits per heavy atom. The maximum absolute atomic E-state index is 2.74. The molecule has 0 atom stereocenters. The van der Waals surface area contributed by atoms with Crippen molar-refractivity contribution in [3.8, 4) is 39.1 Å². The van der Waals surface area contributed by atoms with Crippen molar-refractivity contribution in [1.29, 1.82) is 0 Å². The smallest absolute Gasteiger partial charge is 0.333 e. The molecule has 2 aliphatic heterocycles. The Bertz CT molecular complexity index is 3840. The van der Waals surface area contributed by atoms with Crippen molar-refractivity contribution in [2.75, 3.05) is 4.81 Å². The van der Waals surface area contributed by atoms with E-state index in [0.717, 1.165) is 0 Å². The number of hydrogen-bond acceptors (Lipinski definition) is 2. The zero-order valence-corrected chi connectivity index (χ0v) is 40.5. The molecular weight excluding hydrogens is 816 g/mol. The summed E-state index contributed by atoms with van der Waals surface area (Å²) in [5.41, 5.74) is 25.6. The second-order valence-electron chi connectivity index (χ2n) is 22.9. The summed E-state index contributed by atoms with van der Waals surface area (Å²) in [4.78, 5) is 2.74. The maximum Gasteiger partial charge on any atom is 0.333 e. The molecule has 320 valence electrons. The highest BCUT2D eigenvalue weighted by Crippen LogP contribution is 2.57. The summed E-state index contributed by atoms with van der Waals surface area (Å²) in [7, 11) is 0. The van der Waals surface area contributed by atoms with E-state index in [2.05, 4.69) is 218 Å². The summed E-state index contributed by atoms with van der Waals surface area (Å²) in [6, 6.07) is 55.2. The molecule has 0 saturated carbocycles. The summed E-state index contributed by atoms with van der Waals surface area (Å²) in [5.74, 6) is 0. The molecule has 10 aromatic rings. The second kappa shape index (κ2) is 12.3. The van der Waals surface area contributed by atoms with E-state index in [1.54, 1.807) is 0 Å². The van der Waals surface area contributed by atoms with E-state index in [1.807, 2.05) is 11.3 Å². The Labute approximate surface area is 392 Å². The maximum atomic E-state index is 2.74. The fourth-order valence-corrected chi connectivity index (χ4v) is 14.1. The van der Waals surface area contributed by atoms with Gasteiger partial charge in [-0.2, -0.15) is 0 Å². The summed E-state index contributed by atoms with van der Waals surface area (Å²) in [5, 5.41) is 5.38. The summed E-state index contributed by atoms with van der Waals surface area (Å²) in [6.45, 7) is 23.6. The molecule has 4 heteroatoms. The number of benzene rings is 8. The van der Waals surface area contributed by atoms with E-state index < -0.39 is 0 Å². The number of anilines is 2.